The van der Waals surface area contributed by atoms with Crippen LogP contribution in [0.1, 0.15) is 24.1 Å². The monoisotopic (exact) mass is 264 g/mol. The summed E-state index contributed by atoms with van der Waals surface area (Å²) in [6, 6.07) is 2.50. The summed E-state index contributed by atoms with van der Waals surface area (Å²) in [6.07, 6.45) is 3.95. The van der Waals surface area contributed by atoms with Gasteiger partial charge in [-0.25, -0.2) is 0 Å². The first kappa shape index (κ1) is 13.3. The van der Waals surface area contributed by atoms with Gasteiger partial charge in [-0.2, -0.15) is 16.4 Å². The summed E-state index contributed by atoms with van der Waals surface area (Å²) >= 11 is 1.71. The highest BCUT2D eigenvalue weighted by Crippen LogP contribution is 2.25. The van der Waals surface area contributed by atoms with Gasteiger partial charge >= 0.3 is 0 Å². The van der Waals surface area contributed by atoms with Crippen LogP contribution in [0.4, 0.5) is 0 Å². The van der Waals surface area contributed by atoms with Gasteiger partial charge in [0.15, 0.2) is 0 Å². The predicted molar refractivity (Wildman–Crippen MR) is 75.4 cm³/mol. The third-order valence-electron chi connectivity index (χ3n) is 3.05. The molecule has 0 saturated carbocycles. The molecule has 18 heavy (non-hydrogen) atoms. The van der Waals surface area contributed by atoms with Gasteiger partial charge in [-0.15, -0.1) is 0 Å². The minimum absolute atomic E-state index is 0.0984. The third kappa shape index (κ3) is 2.98. The second-order valence-corrected chi connectivity index (χ2v) is 5.58. The SMILES string of the molecule is CC(N)C(c1ccsc1)N(C)Cc1cnn(C)c1. The van der Waals surface area contributed by atoms with Crippen molar-refractivity contribution in [2.75, 3.05) is 7.05 Å². The maximum atomic E-state index is 6.13. The van der Waals surface area contributed by atoms with E-state index in [0.29, 0.717) is 0 Å². The smallest absolute Gasteiger partial charge is 0.0534 e. The lowest BCUT2D eigenvalue weighted by atomic mass is 10.0. The molecule has 0 saturated heterocycles. The first-order valence-corrected chi connectivity index (χ1v) is 6.97. The lowest BCUT2D eigenvalue weighted by molar-refractivity contribution is 0.211. The number of hydrogen-bond donors (Lipinski definition) is 1. The highest BCUT2D eigenvalue weighted by atomic mass is 32.1. The Labute approximate surface area is 112 Å². The molecule has 0 aliphatic heterocycles. The van der Waals surface area contributed by atoms with Crippen LogP contribution in [0.3, 0.4) is 0 Å². The Morgan fingerprint density at radius 1 is 1.56 bits per heavy atom. The van der Waals surface area contributed by atoms with Crippen LogP contribution < -0.4 is 5.73 Å². The van der Waals surface area contributed by atoms with Gasteiger partial charge in [-0.05, 0) is 36.4 Å². The number of aromatic nitrogens is 2. The lowest BCUT2D eigenvalue weighted by Crippen LogP contribution is -2.36. The van der Waals surface area contributed by atoms with Crippen molar-refractivity contribution in [2.45, 2.75) is 25.6 Å². The van der Waals surface area contributed by atoms with E-state index in [-0.39, 0.29) is 12.1 Å². The minimum Gasteiger partial charge on any atom is -0.326 e. The van der Waals surface area contributed by atoms with E-state index >= 15 is 0 Å². The molecule has 5 heteroatoms. The van der Waals surface area contributed by atoms with E-state index in [1.165, 1.54) is 11.1 Å². The normalized spacial score (nSPS) is 14.9. The quantitative estimate of drug-likeness (QED) is 0.898. The molecule has 2 heterocycles. The van der Waals surface area contributed by atoms with Crippen molar-refractivity contribution >= 4 is 11.3 Å². The summed E-state index contributed by atoms with van der Waals surface area (Å²) in [5, 5.41) is 8.47. The molecular weight excluding hydrogens is 244 g/mol. The fourth-order valence-corrected chi connectivity index (χ4v) is 3.03. The van der Waals surface area contributed by atoms with E-state index in [4.69, 9.17) is 5.73 Å². The highest BCUT2D eigenvalue weighted by Gasteiger charge is 2.21. The van der Waals surface area contributed by atoms with Crippen molar-refractivity contribution in [1.82, 2.24) is 14.7 Å². The average molecular weight is 264 g/mol. The molecule has 0 spiro atoms. The van der Waals surface area contributed by atoms with Crippen LogP contribution >= 0.6 is 11.3 Å². The van der Waals surface area contributed by atoms with Crippen LogP contribution in [0, 0.1) is 0 Å². The number of aryl methyl sites for hydroxylation is 1. The second-order valence-electron chi connectivity index (χ2n) is 4.80. The van der Waals surface area contributed by atoms with E-state index in [1.54, 1.807) is 11.3 Å². The van der Waals surface area contributed by atoms with Crippen LogP contribution in [0.25, 0.3) is 0 Å². The second kappa shape index (κ2) is 5.65. The molecule has 0 aliphatic rings. The number of thiophene rings is 1. The van der Waals surface area contributed by atoms with Gasteiger partial charge in [0.25, 0.3) is 0 Å². The molecule has 4 nitrogen and oxygen atoms in total. The number of nitrogens with zero attached hydrogens (tertiary/aromatic N) is 3. The molecule has 0 aliphatic carbocycles. The van der Waals surface area contributed by atoms with Crippen LogP contribution in [0.2, 0.25) is 0 Å². The van der Waals surface area contributed by atoms with Crippen LogP contribution in [0.5, 0.6) is 0 Å². The Morgan fingerprint density at radius 2 is 2.33 bits per heavy atom. The molecule has 2 aromatic heterocycles. The molecule has 2 N–H and O–H groups in total. The van der Waals surface area contributed by atoms with Gasteiger partial charge in [0, 0.05) is 31.4 Å². The molecule has 2 rings (SSSR count). The van der Waals surface area contributed by atoms with E-state index in [9.17, 15) is 0 Å². The Hall–Kier alpha value is -1.17. The number of nitrogens with two attached hydrogens (primary N) is 1. The highest BCUT2D eigenvalue weighted by molar-refractivity contribution is 7.07. The number of likely N-dealkylation sites (N-methyl/N-ethyl adjacent to an activating group) is 1. The van der Waals surface area contributed by atoms with Gasteiger partial charge < -0.3 is 5.73 Å². The van der Waals surface area contributed by atoms with Crippen LogP contribution in [-0.2, 0) is 13.6 Å². The average Bonchev–Trinajstić information content (AvgIpc) is 2.90. The maximum Gasteiger partial charge on any atom is 0.0534 e. The molecule has 0 bridgehead atoms. The van der Waals surface area contributed by atoms with Gasteiger partial charge in [0.2, 0.25) is 0 Å². The van der Waals surface area contributed by atoms with Gasteiger partial charge in [-0.3, -0.25) is 9.58 Å². The van der Waals surface area contributed by atoms with Gasteiger partial charge in [-0.1, -0.05) is 0 Å². The predicted octanol–water partition coefficient (Wildman–Crippen LogP) is 2.00. The Kier molecular flexibility index (Phi) is 4.16. The summed E-state index contributed by atoms with van der Waals surface area (Å²) in [5.74, 6) is 0. The summed E-state index contributed by atoms with van der Waals surface area (Å²) in [5.41, 5.74) is 8.63. The van der Waals surface area contributed by atoms with E-state index in [1.807, 2.05) is 24.1 Å². The van der Waals surface area contributed by atoms with E-state index in [0.717, 1.165) is 6.54 Å². The Morgan fingerprint density at radius 3 is 2.83 bits per heavy atom. The van der Waals surface area contributed by atoms with Crippen molar-refractivity contribution in [1.29, 1.82) is 0 Å². The summed E-state index contributed by atoms with van der Waals surface area (Å²) in [7, 11) is 4.05. The van der Waals surface area contributed by atoms with Crippen LogP contribution in [0.15, 0.2) is 29.2 Å². The number of rotatable bonds is 5. The lowest BCUT2D eigenvalue weighted by Gasteiger charge is -2.30. The molecule has 0 radical (unpaired) electrons. The van der Waals surface area contributed by atoms with Crippen molar-refractivity contribution in [3.63, 3.8) is 0 Å². The molecule has 2 atom stereocenters. The van der Waals surface area contributed by atoms with Crippen molar-refractivity contribution in [3.05, 3.63) is 40.3 Å². The largest absolute Gasteiger partial charge is 0.326 e. The first-order chi connectivity index (χ1) is 8.58. The molecule has 0 aromatic carbocycles. The summed E-state index contributed by atoms with van der Waals surface area (Å²) in [6.45, 7) is 2.91. The number of hydrogen-bond acceptors (Lipinski definition) is 4. The summed E-state index contributed by atoms with van der Waals surface area (Å²) < 4.78 is 1.83. The minimum atomic E-state index is 0.0984. The summed E-state index contributed by atoms with van der Waals surface area (Å²) in [4.78, 5) is 2.28. The zero-order chi connectivity index (χ0) is 13.1. The standard InChI is InChI=1S/C13H20N4S/c1-10(14)13(12-4-5-18-9-12)16(2)7-11-6-15-17(3)8-11/h4-6,8-10,13H,7,14H2,1-3H3. The Bertz CT molecular complexity index is 475. The zero-order valence-corrected chi connectivity index (χ0v) is 11.9. The fourth-order valence-electron chi connectivity index (χ4n) is 2.34. The van der Waals surface area contributed by atoms with Crippen LogP contribution in [-0.4, -0.2) is 27.8 Å². The third-order valence-corrected chi connectivity index (χ3v) is 3.75. The molecule has 0 amide bonds. The molecule has 2 unspecified atom stereocenters. The zero-order valence-electron chi connectivity index (χ0n) is 11.1. The van der Waals surface area contributed by atoms with Crippen molar-refractivity contribution in [3.8, 4) is 0 Å². The topological polar surface area (TPSA) is 47.1 Å². The van der Waals surface area contributed by atoms with Crippen molar-refractivity contribution in [2.24, 2.45) is 12.8 Å². The van der Waals surface area contributed by atoms with Gasteiger partial charge in [0.05, 0.1) is 12.2 Å². The van der Waals surface area contributed by atoms with E-state index in [2.05, 4.69) is 40.8 Å². The maximum absolute atomic E-state index is 6.13. The first-order valence-electron chi connectivity index (χ1n) is 6.03. The van der Waals surface area contributed by atoms with E-state index < -0.39 is 0 Å². The van der Waals surface area contributed by atoms with Gasteiger partial charge in [0.1, 0.15) is 0 Å². The molecule has 98 valence electrons. The molecular formula is C13H20N4S. The Balaban J connectivity index is 2.11. The molecule has 0 fully saturated rings. The molecule has 2 aromatic rings. The van der Waals surface area contributed by atoms with Crippen molar-refractivity contribution < 1.29 is 0 Å². The fraction of sp³-hybridized carbons (Fsp3) is 0.462.